The van der Waals surface area contributed by atoms with Gasteiger partial charge in [-0.15, -0.1) is 0 Å². The van der Waals surface area contributed by atoms with Gasteiger partial charge in [-0.05, 0) is 19.3 Å². The first-order valence-corrected chi connectivity index (χ1v) is 10.6. The molecule has 0 radical (unpaired) electrons. The van der Waals surface area contributed by atoms with E-state index in [9.17, 15) is 14.4 Å². The molecular weight excluding hydrogens is 348 g/mol. The molecule has 1 atom stereocenters. The number of carbonyl (C=O) groups excluding carboxylic acids is 1. The lowest BCUT2D eigenvalue weighted by Crippen LogP contribution is -2.26. The minimum absolute atomic E-state index is 0.203. The number of rotatable bonds is 19. The van der Waals surface area contributed by atoms with Gasteiger partial charge in [0.1, 0.15) is 0 Å². The maximum absolute atomic E-state index is 11.2. The molecule has 0 aromatic carbocycles. The molecule has 0 rings (SSSR count). The summed E-state index contributed by atoms with van der Waals surface area (Å²) in [5.74, 6) is -2.21. The Morgan fingerprint density at radius 2 is 1.11 bits per heavy atom. The van der Waals surface area contributed by atoms with Crippen molar-refractivity contribution in [3.05, 3.63) is 0 Å². The van der Waals surface area contributed by atoms with Crippen molar-refractivity contribution in [1.29, 1.82) is 0 Å². The standard InChI is InChI=1S/C21H38O6/c1-2-20(24)27-18(21(25)26)16-14-12-10-8-6-4-3-5-7-9-11-13-15-17-19(22)23/h18H,2-17H2,1H3,(H,22,23)(H,25,26). The van der Waals surface area contributed by atoms with Gasteiger partial charge in [-0.1, -0.05) is 77.6 Å². The van der Waals surface area contributed by atoms with E-state index >= 15 is 0 Å². The van der Waals surface area contributed by atoms with Crippen molar-refractivity contribution in [2.75, 3.05) is 0 Å². The van der Waals surface area contributed by atoms with Crippen LogP contribution in [0.2, 0.25) is 0 Å². The highest BCUT2D eigenvalue weighted by molar-refractivity contribution is 5.77. The molecule has 27 heavy (non-hydrogen) atoms. The minimum Gasteiger partial charge on any atom is -0.481 e. The van der Waals surface area contributed by atoms with Gasteiger partial charge in [-0.25, -0.2) is 4.79 Å². The highest BCUT2D eigenvalue weighted by atomic mass is 16.6. The quantitative estimate of drug-likeness (QED) is 0.230. The maximum Gasteiger partial charge on any atom is 0.345 e. The maximum atomic E-state index is 11.2. The number of aliphatic carboxylic acids is 2. The third-order valence-corrected chi connectivity index (χ3v) is 4.69. The van der Waals surface area contributed by atoms with Crippen molar-refractivity contribution in [1.82, 2.24) is 0 Å². The third kappa shape index (κ3) is 17.6. The lowest BCUT2D eigenvalue weighted by atomic mass is 10.0. The number of carbonyl (C=O) groups is 3. The summed E-state index contributed by atoms with van der Waals surface area (Å²) in [6.45, 7) is 1.66. The molecule has 6 heteroatoms. The second kappa shape index (κ2) is 17.8. The number of hydrogen-bond donors (Lipinski definition) is 2. The summed E-state index contributed by atoms with van der Waals surface area (Å²) in [6.07, 6.45) is 14.3. The average Bonchev–Trinajstić information content (AvgIpc) is 2.63. The fourth-order valence-electron chi connectivity index (χ4n) is 3.03. The first kappa shape index (κ1) is 25.4. The summed E-state index contributed by atoms with van der Waals surface area (Å²) in [7, 11) is 0. The Balaban J connectivity index is 3.36. The fraction of sp³-hybridized carbons (Fsp3) is 0.857. The Morgan fingerprint density at radius 1 is 0.704 bits per heavy atom. The van der Waals surface area contributed by atoms with E-state index in [4.69, 9.17) is 14.9 Å². The van der Waals surface area contributed by atoms with Gasteiger partial charge in [0.15, 0.2) is 6.10 Å². The predicted octanol–water partition coefficient (Wildman–Crippen LogP) is 5.33. The molecule has 0 heterocycles. The first-order valence-electron chi connectivity index (χ1n) is 10.6. The van der Waals surface area contributed by atoms with Crippen molar-refractivity contribution in [3.63, 3.8) is 0 Å². The lowest BCUT2D eigenvalue weighted by molar-refractivity contribution is -0.164. The van der Waals surface area contributed by atoms with E-state index < -0.39 is 24.0 Å². The zero-order chi connectivity index (χ0) is 20.3. The zero-order valence-corrected chi connectivity index (χ0v) is 16.9. The molecule has 0 bridgehead atoms. The second-order valence-electron chi connectivity index (χ2n) is 7.20. The molecule has 0 aliphatic carbocycles. The van der Waals surface area contributed by atoms with Crippen LogP contribution in [0.4, 0.5) is 0 Å². The minimum atomic E-state index is -1.06. The van der Waals surface area contributed by atoms with Gasteiger partial charge in [0.05, 0.1) is 0 Å². The SMILES string of the molecule is CCC(=O)OC(CCCCCCCCCCCCCCCC(=O)O)C(=O)O. The Kier molecular flexibility index (Phi) is 16.8. The van der Waals surface area contributed by atoms with Crippen molar-refractivity contribution < 1.29 is 29.3 Å². The van der Waals surface area contributed by atoms with Crippen LogP contribution in [0, 0.1) is 0 Å². The van der Waals surface area contributed by atoms with E-state index in [2.05, 4.69) is 0 Å². The summed E-state index contributed by atoms with van der Waals surface area (Å²) < 4.78 is 4.92. The summed E-state index contributed by atoms with van der Waals surface area (Å²) in [5.41, 5.74) is 0. The summed E-state index contributed by atoms with van der Waals surface area (Å²) in [6, 6.07) is 0. The van der Waals surface area contributed by atoms with Crippen LogP contribution < -0.4 is 0 Å². The van der Waals surface area contributed by atoms with Crippen molar-refractivity contribution in [2.24, 2.45) is 0 Å². The van der Waals surface area contributed by atoms with Gasteiger partial charge in [-0.3, -0.25) is 9.59 Å². The fourth-order valence-corrected chi connectivity index (χ4v) is 3.03. The monoisotopic (exact) mass is 386 g/mol. The van der Waals surface area contributed by atoms with Gasteiger partial charge in [0.25, 0.3) is 0 Å². The summed E-state index contributed by atoms with van der Waals surface area (Å²) in [4.78, 5) is 32.6. The third-order valence-electron chi connectivity index (χ3n) is 4.69. The molecule has 0 aliphatic heterocycles. The number of unbranched alkanes of at least 4 members (excludes halogenated alkanes) is 12. The van der Waals surface area contributed by atoms with Crippen LogP contribution in [0.1, 0.15) is 110 Å². The first-order chi connectivity index (χ1) is 13.0. The summed E-state index contributed by atoms with van der Waals surface area (Å²) >= 11 is 0. The number of carboxylic acids is 2. The van der Waals surface area contributed by atoms with E-state index in [1.807, 2.05) is 0 Å². The molecule has 6 nitrogen and oxygen atoms in total. The van der Waals surface area contributed by atoms with Crippen molar-refractivity contribution in [2.45, 2.75) is 116 Å². The number of esters is 1. The topological polar surface area (TPSA) is 101 Å². The summed E-state index contributed by atoms with van der Waals surface area (Å²) in [5, 5.41) is 17.6. The van der Waals surface area contributed by atoms with Gasteiger partial charge in [0, 0.05) is 12.8 Å². The molecule has 0 fully saturated rings. The van der Waals surface area contributed by atoms with Gasteiger partial charge in [-0.2, -0.15) is 0 Å². The van der Waals surface area contributed by atoms with Gasteiger partial charge < -0.3 is 14.9 Å². The Labute approximate surface area is 163 Å². The number of ether oxygens (including phenoxy) is 1. The van der Waals surface area contributed by atoms with Crippen LogP contribution in [0.5, 0.6) is 0 Å². The predicted molar refractivity (Wildman–Crippen MR) is 105 cm³/mol. The molecule has 0 saturated heterocycles. The molecule has 0 aliphatic rings. The highest BCUT2D eigenvalue weighted by Crippen LogP contribution is 2.14. The van der Waals surface area contributed by atoms with E-state index in [1.165, 1.54) is 44.9 Å². The molecule has 2 N–H and O–H groups in total. The second-order valence-corrected chi connectivity index (χ2v) is 7.20. The van der Waals surface area contributed by atoms with E-state index in [-0.39, 0.29) is 6.42 Å². The molecule has 0 amide bonds. The van der Waals surface area contributed by atoms with Gasteiger partial charge in [0.2, 0.25) is 0 Å². The van der Waals surface area contributed by atoms with Crippen LogP contribution in [-0.2, 0) is 19.1 Å². The van der Waals surface area contributed by atoms with Crippen LogP contribution in [-0.4, -0.2) is 34.2 Å². The Bertz CT molecular complexity index is 407. The molecule has 0 aromatic heterocycles. The van der Waals surface area contributed by atoms with Crippen LogP contribution in [0.3, 0.4) is 0 Å². The number of carboxylic acid groups (broad SMARTS) is 2. The molecule has 1 unspecified atom stereocenters. The normalized spacial score (nSPS) is 11.9. The molecule has 0 saturated carbocycles. The van der Waals surface area contributed by atoms with Crippen LogP contribution >= 0.6 is 0 Å². The molecule has 0 spiro atoms. The van der Waals surface area contributed by atoms with Crippen LogP contribution in [0.25, 0.3) is 0 Å². The van der Waals surface area contributed by atoms with Crippen molar-refractivity contribution in [3.8, 4) is 0 Å². The smallest absolute Gasteiger partial charge is 0.345 e. The van der Waals surface area contributed by atoms with Crippen LogP contribution in [0.15, 0.2) is 0 Å². The zero-order valence-electron chi connectivity index (χ0n) is 16.9. The number of hydrogen-bond acceptors (Lipinski definition) is 4. The van der Waals surface area contributed by atoms with E-state index in [1.54, 1.807) is 6.92 Å². The average molecular weight is 387 g/mol. The largest absolute Gasteiger partial charge is 0.481 e. The van der Waals surface area contributed by atoms with Crippen molar-refractivity contribution >= 4 is 17.9 Å². The van der Waals surface area contributed by atoms with E-state index in [0.717, 1.165) is 38.5 Å². The highest BCUT2D eigenvalue weighted by Gasteiger charge is 2.20. The molecular formula is C21H38O6. The molecule has 158 valence electrons. The van der Waals surface area contributed by atoms with Gasteiger partial charge >= 0.3 is 17.9 Å². The Hall–Kier alpha value is -1.59. The van der Waals surface area contributed by atoms with E-state index in [0.29, 0.717) is 12.8 Å². The lowest BCUT2D eigenvalue weighted by Gasteiger charge is -2.12. The molecule has 0 aromatic rings. The Morgan fingerprint density at radius 3 is 1.48 bits per heavy atom.